The Morgan fingerprint density at radius 3 is 2.48 bits per heavy atom. The van der Waals surface area contributed by atoms with Gasteiger partial charge >= 0.3 is 0 Å². The molecular formula is C15H12BrN3O3S. The average molecular weight is 394 g/mol. The van der Waals surface area contributed by atoms with Crippen molar-refractivity contribution in [3.05, 3.63) is 58.3 Å². The molecule has 0 atom stereocenters. The molecule has 2 N–H and O–H groups in total. The van der Waals surface area contributed by atoms with Crippen molar-refractivity contribution in [2.24, 2.45) is 5.73 Å². The van der Waals surface area contributed by atoms with Gasteiger partial charge in [-0.1, -0.05) is 17.7 Å². The minimum absolute atomic E-state index is 0.144. The number of fused-ring (bicyclic) bond motifs is 1. The summed E-state index contributed by atoms with van der Waals surface area (Å²) in [6, 6.07) is 8.02. The third-order valence-corrected chi connectivity index (χ3v) is 5.74. The number of aromatic nitrogens is 2. The van der Waals surface area contributed by atoms with Gasteiger partial charge < -0.3 is 5.73 Å². The number of benzene rings is 1. The molecule has 8 heteroatoms. The zero-order chi connectivity index (χ0) is 16.8. The van der Waals surface area contributed by atoms with Gasteiger partial charge in [0.1, 0.15) is 0 Å². The normalized spacial score (nSPS) is 11.7. The van der Waals surface area contributed by atoms with Crippen LogP contribution >= 0.6 is 15.9 Å². The van der Waals surface area contributed by atoms with Gasteiger partial charge in [-0.2, -0.15) is 0 Å². The Balaban J connectivity index is 2.27. The molecule has 3 rings (SSSR count). The Hall–Kier alpha value is -2.19. The summed E-state index contributed by atoms with van der Waals surface area (Å²) in [7, 11) is -3.81. The molecule has 2 aromatic heterocycles. The second-order valence-electron chi connectivity index (χ2n) is 5.01. The maximum atomic E-state index is 12.8. The smallest absolute Gasteiger partial charge is 0.269 e. The van der Waals surface area contributed by atoms with Crippen LogP contribution in [0.1, 0.15) is 15.9 Å². The maximum absolute atomic E-state index is 12.8. The molecule has 0 saturated carbocycles. The first-order chi connectivity index (χ1) is 10.8. The molecular weight excluding hydrogens is 382 g/mol. The van der Waals surface area contributed by atoms with Crippen LogP contribution in [0.4, 0.5) is 0 Å². The fraction of sp³-hybridized carbons (Fsp3) is 0.0667. The summed E-state index contributed by atoms with van der Waals surface area (Å²) in [5.41, 5.74) is 6.69. The van der Waals surface area contributed by atoms with Gasteiger partial charge in [-0.3, -0.25) is 4.79 Å². The SMILES string of the molecule is Cc1ccc(S(=O)(=O)n2ccc3c(C(N)=O)c(Br)cnc32)cc1. The number of carbonyl (C=O) groups excluding carboxylic acids is 1. The fourth-order valence-electron chi connectivity index (χ4n) is 2.31. The van der Waals surface area contributed by atoms with Crippen LogP contribution in [0.5, 0.6) is 0 Å². The molecule has 23 heavy (non-hydrogen) atoms. The standard InChI is InChI=1S/C15H12BrN3O3S/c1-9-2-4-10(5-3-9)23(21,22)19-7-6-11-13(14(17)20)12(16)8-18-15(11)19/h2-8H,1H3,(H2,17,20). The first kappa shape index (κ1) is 15.7. The lowest BCUT2D eigenvalue weighted by Crippen LogP contribution is -2.15. The van der Waals surface area contributed by atoms with Crippen molar-refractivity contribution in [3.63, 3.8) is 0 Å². The van der Waals surface area contributed by atoms with Crippen LogP contribution in [0.25, 0.3) is 11.0 Å². The van der Waals surface area contributed by atoms with Crippen LogP contribution < -0.4 is 5.73 Å². The summed E-state index contributed by atoms with van der Waals surface area (Å²) >= 11 is 3.21. The number of hydrogen-bond donors (Lipinski definition) is 1. The number of primary amides is 1. The summed E-state index contributed by atoms with van der Waals surface area (Å²) in [4.78, 5) is 15.9. The number of carbonyl (C=O) groups is 1. The Labute approximate surface area is 141 Å². The van der Waals surface area contributed by atoms with Crippen molar-refractivity contribution < 1.29 is 13.2 Å². The van der Waals surface area contributed by atoms with E-state index in [2.05, 4.69) is 20.9 Å². The van der Waals surface area contributed by atoms with E-state index in [0.29, 0.717) is 9.86 Å². The van der Waals surface area contributed by atoms with E-state index in [9.17, 15) is 13.2 Å². The molecule has 1 aromatic carbocycles. The second-order valence-corrected chi connectivity index (χ2v) is 7.68. The van der Waals surface area contributed by atoms with Crippen molar-refractivity contribution in [2.45, 2.75) is 11.8 Å². The van der Waals surface area contributed by atoms with E-state index in [1.807, 2.05) is 6.92 Å². The summed E-state index contributed by atoms with van der Waals surface area (Å²) in [5.74, 6) is -0.658. The average Bonchev–Trinajstić information content (AvgIpc) is 2.91. The number of amides is 1. The van der Waals surface area contributed by atoms with Crippen molar-refractivity contribution in [2.75, 3.05) is 0 Å². The molecule has 0 radical (unpaired) electrons. The van der Waals surface area contributed by atoms with E-state index in [1.165, 1.54) is 30.6 Å². The highest BCUT2D eigenvalue weighted by molar-refractivity contribution is 9.10. The number of hydrogen-bond acceptors (Lipinski definition) is 4. The van der Waals surface area contributed by atoms with Crippen molar-refractivity contribution in [3.8, 4) is 0 Å². The lowest BCUT2D eigenvalue weighted by molar-refractivity contribution is 0.100. The Bertz CT molecular complexity index is 1020. The zero-order valence-corrected chi connectivity index (χ0v) is 14.4. The Morgan fingerprint density at radius 2 is 1.87 bits per heavy atom. The molecule has 2 heterocycles. The molecule has 0 fully saturated rings. The first-order valence-corrected chi connectivity index (χ1v) is 8.83. The predicted molar refractivity (Wildman–Crippen MR) is 89.7 cm³/mol. The highest BCUT2D eigenvalue weighted by Gasteiger charge is 2.22. The van der Waals surface area contributed by atoms with Gasteiger partial charge in [0, 0.05) is 22.3 Å². The molecule has 3 aromatic rings. The van der Waals surface area contributed by atoms with E-state index in [1.54, 1.807) is 12.1 Å². The van der Waals surface area contributed by atoms with Crippen LogP contribution in [0, 0.1) is 6.92 Å². The van der Waals surface area contributed by atoms with E-state index in [0.717, 1.165) is 9.54 Å². The molecule has 118 valence electrons. The van der Waals surface area contributed by atoms with Crippen molar-refractivity contribution >= 4 is 42.9 Å². The first-order valence-electron chi connectivity index (χ1n) is 6.60. The monoisotopic (exact) mass is 393 g/mol. The fourth-order valence-corrected chi connectivity index (χ4v) is 4.12. The zero-order valence-electron chi connectivity index (χ0n) is 12.0. The van der Waals surface area contributed by atoms with Gasteiger partial charge in [0.2, 0.25) is 0 Å². The van der Waals surface area contributed by atoms with E-state index in [4.69, 9.17) is 5.73 Å². The molecule has 0 bridgehead atoms. The number of halogens is 1. The molecule has 0 aliphatic carbocycles. The predicted octanol–water partition coefficient (Wildman–Crippen LogP) is 2.44. The minimum Gasteiger partial charge on any atom is -0.366 e. The second kappa shape index (κ2) is 5.47. The van der Waals surface area contributed by atoms with Gasteiger partial charge in [0.05, 0.1) is 10.5 Å². The lowest BCUT2D eigenvalue weighted by atomic mass is 10.2. The number of aryl methyl sites for hydroxylation is 1. The Kier molecular flexibility index (Phi) is 3.73. The maximum Gasteiger partial charge on any atom is 0.269 e. The third kappa shape index (κ3) is 2.53. The molecule has 0 spiro atoms. The Morgan fingerprint density at radius 1 is 1.22 bits per heavy atom. The molecule has 0 aliphatic rings. The quantitative estimate of drug-likeness (QED) is 0.738. The van der Waals surface area contributed by atoms with Crippen LogP contribution in [0.2, 0.25) is 0 Å². The molecule has 0 saturated heterocycles. The van der Waals surface area contributed by atoms with Gasteiger partial charge in [-0.25, -0.2) is 17.4 Å². The minimum atomic E-state index is -3.81. The summed E-state index contributed by atoms with van der Waals surface area (Å²) in [6.45, 7) is 1.87. The topological polar surface area (TPSA) is 95.0 Å². The van der Waals surface area contributed by atoms with Crippen LogP contribution in [-0.2, 0) is 10.0 Å². The van der Waals surface area contributed by atoms with Crippen LogP contribution in [0.3, 0.4) is 0 Å². The highest BCUT2D eigenvalue weighted by Crippen LogP contribution is 2.27. The molecule has 1 amide bonds. The number of nitrogens with two attached hydrogens (primary N) is 1. The number of pyridine rings is 1. The van der Waals surface area contributed by atoms with Crippen LogP contribution in [0.15, 0.2) is 52.1 Å². The van der Waals surface area contributed by atoms with Crippen molar-refractivity contribution in [1.29, 1.82) is 0 Å². The largest absolute Gasteiger partial charge is 0.366 e. The summed E-state index contributed by atoms with van der Waals surface area (Å²) < 4.78 is 27.0. The van der Waals surface area contributed by atoms with E-state index >= 15 is 0 Å². The number of nitrogens with zero attached hydrogens (tertiary/aromatic N) is 2. The molecule has 0 unspecified atom stereocenters. The highest BCUT2D eigenvalue weighted by atomic mass is 79.9. The molecule has 6 nitrogen and oxygen atoms in total. The summed E-state index contributed by atoms with van der Waals surface area (Å²) in [5, 5.41) is 0.377. The van der Waals surface area contributed by atoms with E-state index < -0.39 is 15.9 Å². The third-order valence-electron chi connectivity index (χ3n) is 3.46. The lowest BCUT2D eigenvalue weighted by Gasteiger charge is -2.08. The molecule has 0 aliphatic heterocycles. The van der Waals surface area contributed by atoms with Crippen molar-refractivity contribution in [1.82, 2.24) is 8.96 Å². The summed E-state index contributed by atoms with van der Waals surface area (Å²) in [6.07, 6.45) is 2.73. The van der Waals surface area contributed by atoms with Gasteiger partial charge in [-0.15, -0.1) is 0 Å². The van der Waals surface area contributed by atoms with Gasteiger partial charge in [0.25, 0.3) is 15.9 Å². The number of rotatable bonds is 3. The van der Waals surface area contributed by atoms with Crippen LogP contribution in [-0.4, -0.2) is 23.3 Å². The van der Waals surface area contributed by atoms with E-state index in [-0.39, 0.29) is 16.1 Å². The van der Waals surface area contributed by atoms with Gasteiger partial charge in [-0.05, 0) is 41.1 Å². The van der Waals surface area contributed by atoms with Gasteiger partial charge in [0.15, 0.2) is 5.65 Å².